The Bertz CT molecular complexity index is 754. The molecule has 1 aromatic carbocycles. The lowest BCUT2D eigenvalue weighted by Gasteiger charge is -2.32. The number of piperidine rings is 1. The predicted molar refractivity (Wildman–Crippen MR) is 105 cm³/mol. The van der Waals surface area contributed by atoms with Crippen molar-refractivity contribution in [2.75, 3.05) is 5.75 Å². The van der Waals surface area contributed by atoms with Crippen LogP contribution in [0.1, 0.15) is 60.9 Å². The number of unbranched alkanes of at least 4 members (excludes halogenated alkanes) is 3. The molecule has 0 aliphatic carbocycles. The molecule has 0 saturated carbocycles. The predicted octanol–water partition coefficient (Wildman–Crippen LogP) is 2.37. The van der Waals surface area contributed by atoms with Gasteiger partial charge in [0.15, 0.2) is 0 Å². The molecule has 152 valence electrons. The Morgan fingerprint density at radius 3 is 2.71 bits per heavy atom. The minimum absolute atomic E-state index is 0.123. The lowest BCUT2D eigenvalue weighted by atomic mass is 10.0. The molecule has 0 radical (unpaired) electrons. The van der Waals surface area contributed by atoms with Crippen molar-refractivity contribution in [1.29, 1.82) is 0 Å². The average Bonchev–Trinajstić information content (AvgIpc) is 2.98. The van der Waals surface area contributed by atoms with Gasteiger partial charge in [-0.25, -0.2) is 0 Å². The number of carbonyl (C=O) groups is 3. The highest BCUT2D eigenvalue weighted by molar-refractivity contribution is 7.99. The van der Waals surface area contributed by atoms with E-state index in [9.17, 15) is 19.5 Å². The summed E-state index contributed by atoms with van der Waals surface area (Å²) < 4.78 is 0. The van der Waals surface area contributed by atoms with Gasteiger partial charge in [-0.15, -0.1) is 11.8 Å². The third-order valence-corrected chi connectivity index (χ3v) is 6.38. The number of carboxylic acid groups (broad SMARTS) is 1. The zero-order valence-electron chi connectivity index (χ0n) is 15.7. The molecule has 2 amide bonds. The fraction of sp³-hybridized carbons (Fsp3) is 0.550. The van der Waals surface area contributed by atoms with Crippen LogP contribution in [0.5, 0.6) is 0 Å². The Labute approximate surface area is 168 Å². The molecule has 1 fully saturated rings. The summed E-state index contributed by atoms with van der Waals surface area (Å²) in [7, 11) is 0. The number of hydrogen-bond donors (Lipinski definition) is 3. The molecule has 2 atom stereocenters. The van der Waals surface area contributed by atoms with Gasteiger partial charge in [-0.2, -0.15) is 0 Å². The van der Waals surface area contributed by atoms with Crippen molar-refractivity contribution in [2.45, 2.75) is 68.7 Å². The largest absolute Gasteiger partial charge is 0.481 e. The summed E-state index contributed by atoms with van der Waals surface area (Å²) in [5.74, 6) is -0.254. The van der Waals surface area contributed by atoms with Crippen LogP contribution in [0.2, 0.25) is 0 Å². The monoisotopic (exact) mass is 406 g/mol. The molecule has 2 aliphatic rings. The van der Waals surface area contributed by atoms with Gasteiger partial charge in [0.25, 0.3) is 5.91 Å². The first-order valence-corrected chi connectivity index (χ1v) is 10.7. The number of aliphatic hydroxyl groups excluding tert-OH is 1. The van der Waals surface area contributed by atoms with Crippen molar-refractivity contribution in [3.63, 3.8) is 0 Å². The second kappa shape index (κ2) is 9.43. The zero-order valence-corrected chi connectivity index (χ0v) is 16.5. The van der Waals surface area contributed by atoms with Crippen molar-refractivity contribution in [3.8, 4) is 0 Å². The Morgan fingerprint density at radius 1 is 1.18 bits per heavy atom. The van der Waals surface area contributed by atoms with Gasteiger partial charge in [0.2, 0.25) is 5.91 Å². The first-order chi connectivity index (χ1) is 13.5. The summed E-state index contributed by atoms with van der Waals surface area (Å²) in [5.41, 5.74) is 1.63. The van der Waals surface area contributed by atoms with E-state index >= 15 is 0 Å². The maximum absolute atomic E-state index is 12.8. The summed E-state index contributed by atoms with van der Waals surface area (Å²) in [6.07, 6.45) is 3.91. The number of thioether (sulfide) groups is 1. The fourth-order valence-electron chi connectivity index (χ4n) is 3.70. The Balaban J connectivity index is 1.55. The van der Waals surface area contributed by atoms with Crippen LogP contribution in [0.25, 0.3) is 0 Å². The third kappa shape index (κ3) is 4.86. The standard InChI is InChI=1S/C20H26N2O5S/c23-17-10-9-15(19(26)21-17)22-12-14-13(20(22)27)6-5-7-16(14)28-11-4-2-1-3-8-18(24)25/h5-7,15,17,23H,1-4,8-12H2,(H,21,26)(H,24,25). The minimum Gasteiger partial charge on any atom is -0.481 e. The van der Waals surface area contributed by atoms with Crippen molar-refractivity contribution in [2.24, 2.45) is 0 Å². The van der Waals surface area contributed by atoms with Gasteiger partial charge in [0.1, 0.15) is 12.3 Å². The SMILES string of the molecule is O=C(O)CCCCCCSc1cccc2c1CN(C1CCC(O)NC1=O)C2=O. The van der Waals surface area contributed by atoms with E-state index in [1.54, 1.807) is 16.7 Å². The van der Waals surface area contributed by atoms with E-state index in [4.69, 9.17) is 5.11 Å². The summed E-state index contributed by atoms with van der Waals surface area (Å²) >= 11 is 1.71. The van der Waals surface area contributed by atoms with E-state index in [1.807, 2.05) is 18.2 Å². The van der Waals surface area contributed by atoms with E-state index in [0.29, 0.717) is 31.4 Å². The summed E-state index contributed by atoms with van der Waals surface area (Å²) in [6.45, 7) is 0.421. The van der Waals surface area contributed by atoms with Crippen LogP contribution in [-0.4, -0.2) is 50.9 Å². The van der Waals surface area contributed by atoms with Gasteiger partial charge in [-0.3, -0.25) is 14.4 Å². The maximum atomic E-state index is 12.8. The molecule has 1 saturated heterocycles. The highest BCUT2D eigenvalue weighted by atomic mass is 32.2. The molecule has 2 unspecified atom stereocenters. The molecular weight excluding hydrogens is 380 g/mol. The number of aliphatic hydroxyl groups is 1. The highest BCUT2D eigenvalue weighted by Crippen LogP contribution is 2.34. The molecule has 3 N–H and O–H groups in total. The Hall–Kier alpha value is -2.06. The average molecular weight is 407 g/mol. The minimum atomic E-state index is -0.828. The van der Waals surface area contributed by atoms with Gasteiger partial charge < -0.3 is 20.4 Å². The number of amides is 2. The fourth-order valence-corrected chi connectivity index (χ4v) is 4.80. The number of hydrogen-bond acceptors (Lipinski definition) is 5. The van der Waals surface area contributed by atoms with Crippen LogP contribution in [0.15, 0.2) is 23.1 Å². The number of fused-ring (bicyclic) bond motifs is 1. The molecule has 2 heterocycles. The lowest BCUT2D eigenvalue weighted by molar-refractivity contribution is -0.137. The maximum Gasteiger partial charge on any atom is 0.303 e. The molecule has 0 spiro atoms. The number of rotatable bonds is 9. The van der Waals surface area contributed by atoms with E-state index in [0.717, 1.165) is 35.5 Å². The van der Waals surface area contributed by atoms with Crippen molar-refractivity contribution >= 4 is 29.5 Å². The summed E-state index contributed by atoms with van der Waals surface area (Å²) in [5, 5.41) is 20.7. The quantitative estimate of drug-likeness (QED) is 0.429. The lowest BCUT2D eigenvalue weighted by Crippen LogP contribution is -2.54. The molecule has 7 nitrogen and oxygen atoms in total. The molecule has 0 bridgehead atoms. The number of aliphatic carboxylic acids is 1. The Kier molecular flexibility index (Phi) is 6.96. The van der Waals surface area contributed by atoms with Crippen molar-refractivity contribution in [1.82, 2.24) is 10.2 Å². The van der Waals surface area contributed by atoms with Gasteiger partial charge in [-0.1, -0.05) is 18.9 Å². The van der Waals surface area contributed by atoms with Crippen LogP contribution in [0.3, 0.4) is 0 Å². The van der Waals surface area contributed by atoms with Crippen LogP contribution < -0.4 is 5.32 Å². The number of benzene rings is 1. The number of carboxylic acids is 1. The first-order valence-electron chi connectivity index (χ1n) is 9.73. The number of nitrogens with zero attached hydrogens (tertiary/aromatic N) is 1. The van der Waals surface area contributed by atoms with Gasteiger partial charge in [-0.05, 0) is 49.1 Å². The molecular formula is C20H26N2O5S. The number of nitrogens with one attached hydrogen (secondary N) is 1. The molecule has 0 aromatic heterocycles. The van der Waals surface area contributed by atoms with E-state index in [1.165, 1.54) is 0 Å². The van der Waals surface area contributed by atoms with Gasteiger partial charge in [0, 0.05) is 23.4 Å². The first kappa shape index (κ1) is 20.7. The van der Waals surface area contributed by atoms with Gasteiger partial charge in [0.05, 0.1) is 0 Å². The molecule has 28 heavy (non-hydrogen) atoms. The summed E-state index contributed by atoms with van der Waals surface area (Å²) in [6, 6.07) is 5.16. The zero-order chi connectivity index (χ0) is 20.1. The Morgan fingerprint density at radius 2 is 1.96 bits per heavy atom. The number of carbonyl (C=O) groups excluding carboxylic acids is 2. The topological polar surface area (TPSA) is 107 Å². The second-order valence-corrected chi connectivity index (χ2v) is 8.38. The molecule has 2 aliphatic heterocycles. The molecule has 3 rings (SSSR count). The van der Waals surface area contributed by atoms with Gasteiger partial charge >= 0.3 is 5.97 Å². The van der Waals surface area contributed by atoms with Crippen LogP contribution in [0.4, 0.5) is 0 Å². The third-order valence-electron chi connectivity index (χ3n) is 5.20. The van der Waals surface area contributed by atoms with Crippen molar-refractivity contribution in [3.05, 3.63) is 29.3 Å². The second-order valence-electron chi connectivity index (χ2n) is 7.24. The van der Waals surface area contributed by atoms with E-state index in [2.05, 4.69) is 5.32 Å². The van der Waals surface area contributed by atoms with E-state index in [-0.39, 0.29) is 18.2 Å². The summed E-state index contributed by atoms with van der Waals surface area (Å²) in [4.78, 5) is 38.2. The van der Waals surface area contributed by atoms with Crippen molar-refractivity contribution < 1.29 is 24.6 Å². The van der Waals surface area contributed by atoms with Crippen LogP contribution >= 0.6 is 11.8 Å². The highest BCUT2D eigenvalue weighted by Gasteiger charge is 2.39. The normalized spacial score (nSPS) is 21.5. The van der Waals surface area contributed by atoms with Crippen LogP contribution in [0, 0.1) is 0 Å². The smallest absolute Gasteiger partial charge is 0.303 e. The van der Waals surface area contributed by atoms with E-state index < -0.39 is 18.2 Å². The van der Waals surface area contributed by atoms with Crippen LogP contribution in [-0.2, 0) is 16.1 Å². The molecule has 1 aromatic rings. The molecule has 8 heteroatoms.